The summed E-state index contributed by atoms with van der Waals surface area (Å²) in [6.45, 7) is 7.65. The van der Waals surface area contributed by atoms with Crippen molar-refractivity contribution in [3.63, 3.8) is 0 Å². The number of hydrogen-bond acceptors (Lipinski definition) is 3. The molecule has 0 fully saturated rings. The minimum absolute atomic E-state index is 0.262. The van der Waals surface area contributed by atoms with Gasteiger partial charge in [-0.15, -0.1) is 0 Å². The van der Waals surface area contributed by atoms with E-state index in [1.54, 1.807) is 25.1 Å². The van der Waals surface area contributed by atoms with Gasteiger partial charge in [0.1, 0.15) is 0 Å². The van der Waals surface area contributed by atoms with Crippen LogP contribution in [0.2, 0.25) is 0 Å². The van der Waals surface area contributed by atoms with Crippen LogP contribution in [0.5, 0.6) is 0 Å². The van der Waals surface area contributed by atoms with E-state index in [1.165, 1.54) is 6.08 Å². The lowest BCUT2D eigenvalue weighted by Crippen LogP contribution is -2.36. The van der Waals surface area contributed by atoms with Gasteiger partial charge in [-0.25, -0.2) is 0 Å². The molecule has 2 aromatic rings. The predicted molar refractivity (Wildman–Crippen MR) is 108 cm³/mol. The Morgan fingerprint density at radius 3 is 2.27 bits per heavy atom. The van der Waals surface area contributed by atoms with Crippen molar-refractivity contribution in [1.29, 1.82) is 0 Å². The molecule has 0 unspecified atom stereocenters. The zero-order chi connectivity index (χ0) is 19.3. The summed E-state index contributed by atoms with van der Waals surface area (Å²) >= 11 is 3.33. The van der Waals surface area contributed by atoms with Crippen LogP contribution in [0, 0.1) is 20.8 Å². The van der Waals surface area contributed by atoms with Gasteiger partial charge in [0.15, 0.2) is 0 Å². The number of aryl methyl sites for hydroxylation is 3. The highest BCUT2D eigenvalue weighted by Gasteiger charge is 2.08. The lowest BCUT2D eigenvalue weighted by atomic mass is 10.1. The van der Waals surface area contributed by atoms with Crippen LogP contribution in [-0.2, 0) is 4.79 Å². The van der Waals surface area contributed by atoms with E-state index in [9.17, 15) is 9.59 Å². The number of hydrogen-bond donors (Lipinski definition) is 3. The summed E-state index contributed by atoms with van der Waals surface area (Å²) in [6.07, 6.45) is 1.40. The van der Waals surface area contributed by atoms with Crippen molar-refractivity contribution in [1.82, 2.24) is 10.9 Å². The summed E-state index contributed by atoms with van der Waals surface area (Å²) in [6, 6.07) is 11.1. The number of halogens is 1. The molecule has 0 aliphatic rings. The van der Waals surface area contributed by atoms with E-state index in [-0.39, 0.29) is 11.8 Å². The first-order chi connectivity index (χ1) is 12.3. The highest BCUT2D eigenvalue weighted by atomic mass is 79.9. The van der Waals surface area contributed by atoms with Crippen LogP contribution in [0.3, 0.4) is 0 Å². The number of carbonyl (C=O) groups excluding carboxylic acids is 2. The Bertz CT molecular complexity index is 852. The zero-order valence-electron chi connectivity index (χ0n) is 15.2. The fourth-order valence-electron chi connectivity index (χ4n) is 2.63. The Morgan fingerprint density at radius 2 is 1.65 bits per heavy atom. The Labute approximate surface area is 162 Å². The van der Waals surface area contributed by atoms with Gasteiger partial charge in [0.05, 0.1) is 0 Å². The maximum atomic E-state index is 12.2. The smallest absolute Gasteiger partial charge is 0.269 e. The molecule has 6 heteroatoms. The first kappa shape index (κ1) is 19.7. The first-order valence-electron chi connectivity index (χ1n) is 8.15. The Morgan fingerprint density at radius 1 is 1.00 bits per heavy atom. The molecule has 0 aliphatic heterocycles. The molecule has 2 aromatic carbocycles. The minimum atomic E-state index is -0.287. The van der Waals surface area contributed by atoms with E-state index in [2.05, 4.69) is 32.1 Å². The highest BCUT2D eigenvalue weighted by Crippen LogP contribution is 2.21. The molecule has 5 nitrogen and oxygen atoms in total. The van der Waals surface area contributed by atoms with Crippen molar-refractivity contribution in [3.8, 4) is 0 Å². The molecule has 0 spiro atoms. The molecule has 0 radical (unpaired) electrons. The fourth-order valence-corrected chi connectivity index (χ4v) is 3.03. The normalized spacial score (nSPS) is 11.0. The van der Waals surface area contributed by atoms with Crippen molar-refractivity contribution in [3.05, 3.63) is 74.9 Å². The summed E-state index contributed by atoms with van der Waals surface area (Å²) in [7, 11) is 0. The summed E-state index contributed by atoms with van der Waals surface area (Å²) in [4.78, 5) is 24.3. The summed E-state index contributed by atoms with van der Waals surface area (Å²) in [5, 5.41) is 2.89. The van der Waals surface area contributed by atoms with Crippen LogP contribution in [-0.4, -0.2) is 11.8 Å². The van der Waals surface area contributed by atoms with Crippen molar-refractivity contribution in [2.45, 2.75) is 27.7 Å². The van der Waals surface area contributed by atoms with Gasteiger partial charge in [-0.3, -0.25) is 15.0 Å². The molecule has 2 amide bonds. The predicted octanol–water partition coefficient (Wildman–Crippen LogP) is 4.15. The Kier molecular flexibility index (Phi) is 6.58. The largest absolute Gasteiger partial charge is 0.322 e. The van der Waals surface area contributed by atoms with E-state index in [4.69, 9.17) is 0 Å². The number of rotatable bonds is 5. The zero-order valence-corrected chi connectivity index (χ0v) is 16.8. The second-order valence-corrected chi connectivity index (χ2v) is 7.10. The van der Waals surface area contributed by atoms with Crippen molar-refractivity contribution in [2.75, 3.05) is 5.32 Å². The first-order valence-corrected chi connectivity index (χ1v) is 8.94. The van der Waals surface area contributed by atoms with E-state index in [0.717, 1.165) is 26.9 Å². The molecule has 0 heterocycles. The number of nitrogens with one attached hydrogen (secondary N) is 3. The third-order valence-corrected chi connectivity index (χ3v) is 4.23. The Hall–Kier alpha value is -2.60. The SMILES string of the molecule is CC(=CC(=O)Nc1c(C)cc(C)cc1C)NNC(=O)c1cccc(Br)c1. The molecule has 3 N–H and O–H groups in total. The third kappa shape index (κ3) is 5.46. The second kappa shape index (κ2) is 8.67. The quantitative estimate of drug-likeness (QED) is 0.507. The molecule has 0 aliphatic carbocycles. The third-order valence-electron chi connectivity index (χ3n) is 3.73. The molecule has 0 saturated carbocycles. The maximum Gasteiger partial charge on any atom is 0.269 e. The molecule has 2 rings (SSSR count). The second-order valence-electron chi connectivity index (χ2n) is 6.18. The molecule has 0 saturated heterocycles. The van der Waals surface area contributed by atoms with Crippen LogP contribution in [0.4, 0.5) is 5.69 Å². The number of carbonyl (C=O) groups is 2. The van der Waals surface area contributed by atoms with Gasteiger partial charge in [-0.1, -0.05) is 39.7 Å². The summed E-state index contributed by atoms with van der Waals surface area (Å²) < 4.78 is 0.820. The van der Waals surface area contributed by atoms with Crippen molar-refractivity contribution < 1.29 is 9.59 Å². The molecular weight excluding hydrogens is 394 g/mol. The van der Waals surface area contributed by atoms with Crippen molar-refractivity contribution >= 4 is 33.4 Å². The molecular formula is C20H22BrN3O2. The van der Waals surface area contributed by atoms with Crippen LogP contribution >= 0.6 is 15.9 Å². The average molecular weight is 416 g/mol. The summed E-state index contributed by atoms with van der Waals surface area (Å²) in [5.41, 5.74) is 10.3. The van der Waals surface area contributed by atoms with Gasteiger partial charge >= 0.3 is 0 Å². The van der Waals surface area contributed by atoms with E-state index in [0.29, 0.717) is 11.3 Å². The van der Waals surface area contributed by atoms with Gasteiger partial charge in [0.25, 0.3) is 5.91 Å². The van der Waals surface area contributed by atoms with E-state index in [1.807, 2.05) is 39.0 Å². The van der Waals surface area contributed by atoms with E-state index < -0.39 is 0 Å². The van der Waals surface area contributed by atoms with Crippen LogP contribution in [0.1, 0.15) is 34.0 Å². The number of benzene rings is 2. The molecule has 0 aromatic heterocycles. The topological polar surface area (TPSA) is 70.2 Å². The Balaban J connectivity index is 1.97. The monoisotopic (exact) mass is 415 g/mol. The lowest BCUT2D eigenvalue weighted by Gasteiger charge is -2.12. The van der Waals surface area contributed by atoms with Crippen LogP contribution < -0.4 is 16.2 Å². The lowest BCUT2D eigenvalue weighted by molar-refractivity contribution is -0.112. The fraction of sp³-hybridized carbons (Fsp3) is 0.200. The van der Waals surface area contributed by atoms with Gasteiger partial charge < -0.3 is 10.7 Å². The highest BCUT2D eigenvalue weighted by molar-refractivity contribution is 9.10. The number of amides is 2. The van der Waals surface area contributed by atoms with E-state index >= 15 is 0 Å². The summed E-state index contributed by atoms with van der Waals surface area (Å²) in [5.74, 6) is -0.550. The molecule has 26 heavy (non-hydrogen) atoms. The number of allylic oxidation sites excluding steroid dienone is 1. The van der Waals surface area contributed by atoms with Gasteiger partial charge in [-0.05, 0) is 57.0 Å². The van der Waals surface area contributed by atoms with Gasteiger partial charge in [-0.2, -0.15) is 0 Å². The minimum Gasteiger partial charge on any atom is -0.322 e. The molecule has 0 bridgehead atoms. The average Bonchev–Trinajstić information content (AvgIpc) is 2.56. The van der Waals surface area contributed by atoms with Crippen molar-refractivity contribution in [2.24, 2.45) is 0 Å². The maximum absolute atomic E-state index is 12.2. The molecule has 136 valence electrons. The number of anilines is 1. The van der Waals surface area contributed by atoms with Crippen LogP contribution in [0.25, 0.3) is 0 Å². The van der Waals surface area contributed by atoms with Gasteiger partial charge in [0.2, 0.25) is 5.91 Å². The standard InChI is InChI=1S/C20H22BrN3O2/c1-12-8-13(2)19(14(3)9-12)22-18(25)10-15(4)23-24-20(26)16-6-5-7-17(21)11-16/h5-11,23H,1-4H3,(H,22,25)(H,24,26). The van der Waals surface area contributed by atoms with Crippen LogP contribution in [0.15, 0.2) is 52.6 Å². The number of hydrazine groups is 1. The molecule has 0 atom stereocenters. The van der Waals surface area contributed by atoms with Gasteiger partial charge in [0, 0.05) is 27.5 Å².